The highest BCUT2D eigenvalue weighted by Gasteiger charge is 2.34. The standard InChI is InChI=1S/C25H18ClFINO4S/c26-21-13-17(3-10-22(21)33-15-16-1-6-19(28)7-2-16)14-23-24(30)29(25(31)34-23)11-12-32-20-8-4-18(27)5-9-20/h1-10,13-14H,11-12,15H2/b23-14-. The van der Waals surface area contributed by atoms with Crippen molar-refractivity contribution in [2.45, 2.75) is 6.61 Å². The summed E-state index contributed by atoms with van der Waals surface area (Å²) in [7, 11) is 0. The van der Waals surface area contributed by atoms with Gasteiger partial charge in [-0.05, 0) is 100 Å². The molecule has 0 spiro atoms. The summed E-state index contributed by atoms with van der Waals surface area (Å²) in [6, 6.07) is 18.7. The van der Waals surface area contributed by atoms with E-state index in [0.717, 1.165) is 25.8 Å². The predicted octanol–water partition coefficient (Wildman–Crippen LogP) is 6.78. The van der Waals surface area contributed by atoms with Crippen molar-refractivity contribution in [1.82, 2.24) is 4.90 Å². The summed E-state index contributed by atoms with van der Waals surface area (Å²) in [5, 5.41) is 0.0358. The number of hydrogen-bond acceptors (Lipinski definition) is 5. The predicted molar refractivity (Wildman–Crippen MR) is 140 cm³/mol. The Kier molecular flexibility index (Phi) is 8.12. The Morgan fingerprint density at radius 2 is 1.74 bits per heavy atom. The average molecular weight is 610 g/mol. The van der Waals surface area contributed by atoms with E-state index in [1.54, 1.807) is 24.3 Å². The summed E-state index contributed by atoms with van der Waals surface area (Å²) >= 11 is 9.48. The van der Waals surface area contributed by atoms with Crippen LogP contribution in [0.3, 0.4) is 0 Å². The number of carbonyl (C=O) groups is 2. The molecule has 0 aromatic heterocycles. The zero-order chi connectivity index (χ0) is 24.1. The van der Waals surface area contributed by atoms with Crippen LogP contribution in [0.15, 0.2) is 71.6 Å². The number of ether oxygens (including phenoxy) is 2. The molecule has 0 radical (unpaired) electrons. The van der Waals surface area contributed by atoms with Crippen LogP contribution in [0.5, 0.6) is 11.5 Å². The normalized spacial score (nSPS) is 14.7. The highest BCUT2D eigenvalue weighted by molar-refractivity contribution is 14.1. The van der Waals surface area contributed by atoms with Gasteiger partial charge in [-0.2, -0.15) is 0 Å². The lowest BCUT2D eigenvalue weighted by molar-refractivity contribution is -0.123. The van der Waals surface area contributed by atoms with Crippen LogP contribution in [0, 0.1) is 9.39 Å². The van der Waals surface area contributed by atoms with E-state index >= 15 is 0 Å². The van der Waals surface area contributed by atoms with Crippen molar-refractivity contribution in [2.75, 3.05) is 13.2 Å². The Bertz CT molecular complexity index is 1230. The average Bonchev–Trinajstić information content (AvgIpc) is 3.08. The van der Waals surface area contributed by atoms with Crippen LogP contribution in [-0.4, -0.2) is 29.2 Å². The SMILES string of the molecule is O=C1S/C(=C\c2ccc(OCc3ccc(I)cc3)c(Cl)c2)C(=O)N1CCOc1ccc(F)cc1. The molecule has 3 aromatic carbocycles. The number of carbonyl (C=O) groups excluding carboxylic acids is 2. The summed E-state index contributed by atoms with van der Waals surface area (Å²) in [5.74, 6) is 0.230. The van der Waals surface area contributed by atoms with Gasteiger partial charge >= 0.3 is 0 Å². The van der Waals surface area contributed by atoms with Gasteiger partial charge in [0.05, 0.1) is 16.5 Å². The number of amides is 2. The number of hydrogen-bond donors (Lipinski definition) is 0. The first kappa shape index (κ1) is 24.6. The van der Waals surface area contributed by atoms with E-state index in [9.17, 15) is 14.0 Å². The quantitative estimate of drug-likeness (QED) is 0.208. The lowest BCUT2D eigenvalue weighted by atomic mass is 10.2. The number of imide groups is 1. The topological polar surface area (TPSA) is 55.8 Å². The maximum absolute atomic E-state index is 13.0. The second-order valence-electron chi connectivity index (χ2n) is 7.24. The minimum atomic E-state index is -0.395. The van der Waals surface area contributed by atoms with Crippen molar-refractivity contribution in [2.24, 2.45) is 0 Å². The van der Waals surface area contributed by atoms with Crippen molar-refractivity contribution in [3.8, 4) is 11.5 Å². The second kappa shape index (κ2) is 11.2. The zero-order valence-electron chi connectivity index (χ0n) is 17.7. The summed E-state index contributed by atoms with van der Waals surface area (Å²) in [4.78, 5) is 26.4. The Hall–Kier alpha value is -2.56. The smallest absolute Gasteiger partial charge is 0.293 e. The van der Waals surface area contributed by atoms with E-state index in [1.165, 1.54) is 24.3 Å². The van der Waals surface area contributed by atoms with Gasteiger partial charge in [0.15, 0.2) is 0 Å². The van der Waals surface area contributed by atoms with Gasteiger partial charge in [0.25, 0.3) is 11.1 Å². The molecule has 1 saturated heterocycles. The van der Waals surface area contributed by atoms with Gasteiger partial charge in [0.2, 0.25) is 0 Å². The van der Waals surface area contributed by atoms with Crippen molar-refractivity contribution in [3.05, 3.63) is 97.2 Å². The molecular weight excluding hydrogens is 592 g/mol. The van der Waals surface area contributed by atoms with E-state index < -0.39 is 5.91 Å². The fourth-order valence-corrected chi connectivity index (χ4v) is 4.56. The number of nitrogens with zero attached hydrogens (tertiary/aromatic N) is 1. The molecule has 1 aliphatic heterocycles. The first-order valence-corrected chi connectivity index (χ1v) is 12.5. The third kappa shape index (κ3) is 6.31. The van der Waals surface area contributed by atoms with Crippen LogP contribution in [0.25, 0.3) is 6.08 Å². The van der Waals surface area contributed by atoms with Crippen molar-refractivity contribution >= 4 is 63.2 Å². The largest absolute Gasteiger partial charge is 0.492 e. The van der Waals surface area contributed by atoms with Crippen LogP contribution >= 0.6 is 46.0 Å². The van der Waals surface area contributed by atoms with Crippen LogP contribution in [-0.2, 0) is 11.4 Å². The van der Waals surface area contributed by atoms with E-state index in [2.05, 4.69) is 22.6 Å². The highest BCUT2D eigenvalue weighted by atomic mass is 127. The van der Waals surface area contributed by atoms with Crippen LogP contribution in [0.4, 0.5) is 9.18 Å². The van der Waals surface area contributed by atoms with Gasteiger partial charge < -0.3 is 9.47 Å². The number of halogens is 3. The molecule has 34 heavy (non-hydrogen) atoms. The number of thioether (sulfide) groups is 1. The van der Waals surface area contributed by atoms with Crippen molar-refractivity contribution in [1.29, 1.82) is 0 Å². The van der Waals surface area contributed by atoms with Crippen LogP contribution < -0.4 is 9.47 Å². The van der Waals surface area contributed by atoms with E-state index in [0.29, 0.717) is 33.6 Å². The molecule has 0 aliphatic carbocycles. The van der Waals surface area contributed by atoms with E-state index in [4.69, 9.17) is 21.1 Å². The third-order valence-electron chi connectivity index (χ3n) is 4.83. The Labute approximate surface area is 219 Å². The summed E-state index contributed by atoms with van der Waals surface area (Å²) < 4.78 is 25.4. The summed E-state index contributed by atoms with van der Waals surface area (Å²) in [6.07, 6.45) is 1.63. The monoisotopic (exact) mass is 609 g/mol. The third-order valence-corrected chi connectivity index (χ3v) is 6.75. The Morgan fingerprint density at radius 3 is 2.44 bits per heavy atom. The first-order chi connectivity index (χ1) is 16.4. The van der Waals surface area contributed by atoms with Gasteiger partial charge in [-0.25, -0.2) is 4.39 Å². The zero-order valence-corrected chi connectivity index (χ0v) is 21.4. The molecule has 0 unspecified atom stereocenters. The molecule has 0 saturated carbocycles. The van der Waals surface area contributed by atoms with Gasteiger partial charge in [-0.15, -0.1) is 0 Å². The molecule has 4 rings (SSSR count). The summed E-state index contributed by atoms with van der Waals surface area (Å²) in [6.45, 7) is 0.579. The first-order valence-electron chi connectivity index (χ1n) is 10.2. The van der Waals surface area contributed by atoms with Gasteiger partial charge in [0.1, 0.15) is 30.5 Å². The van der Waals surface area contributed by atoms with Crippen molar-refractivity contribution < 1.29 is 23.5 Å². The molecule has 0 N–H and O–H groups in total. The maximum atomic E-state index is 13.0. The van der Waals surface area contributed by atoms with Crippen LogP contribution in [0.1, 0.15) is 11.1 Å². The lowest BCUT2D eigenvalue weighted by Gasteiger charge is -2.13. The molecule has 9 heteroatoms. The molecule has 0 atom stereocenters. The van der Waals surface area contributed by atoms with Crippen molar-refractivity contribution in [3.63, 3.8) is 0 Å². The molecule has 174 valence electrons. The van der Waals surface area contributed by atoms with Gasteiger partial charge in [-0.1, -0.05) is 29.8 Å². The van der Waals surface area contributed by atoms with Gasteiger partial charge in [-0.3, -0.25) is 14.5 Å². The molecule has 5 nitrogen and oxygen atoms in total. The maximum Gasteiger partial charge on any atom is 0.293 e. The second-order valence-corrected chi connectivity index (χ2v) is 9.89. The molecule has 1 fully saturated rings. The molecular formula is C25H18ClFINO4S. The van der Waals surface area contributed by atoms with Gasteiger partial charge in [0, 0.05) is 3.57 Å². The lowest BCUT2D eigenvalue weighted by Crippen LogP contribution is -2.32. The Morgan fingerprint density at radius 1 is 1.00 bits per heavy atom. The fourth-order valence-electron chi connectivity index (χ4n) is 3.10. The minimum Gasteiger partial charge on any atom is -0.492 e. The van der Waals surface area contributed by atoms with Crippen LogP contribution in [0.2, 0.25) is 5.02 Å². The fraction of sp³-hybridized carbons (Fsp3) is 0.120. The Balaban J connectivity index is 1.35. The highest BCUT2D eigenvalue weighted by Crippen LogP contribution is 2.34. The number of benzene rings is 3. The molecule has 2 amide bonds. The summed E-state index contributed by atoms with van der Waals surface area (Å²) in [5.41, 5.74) is 1.71. The molecule has 3 aromatic rings. The van der Waals surface area contributed by atoms with E-state index in [1.807, 2.05) is 24.3 Å². The van der Waals surface area contributed by atoms with E-state index in [-0.39, 0.29) is 24.2 Å². The number of rotatable bonds is 8. The molecule has 1 heterocycles. The molecule has 1 aliphatic rings. The minimum absolute atomic E-state index is 0.0887. The molecule has 0 bridgehead atoms.